The van der Waals surface area contributed by atoms with Crippen molar-refractivity contribution in [2.24, 2.45) is 5.92 Å². The lowest BCUT2D eigenvalue weighted by Gasteiger charge is -2.32. The summed E-state index contributed by atoms with van der Waals surface area (Å²) < 4.78 is 10.7. The number of ether oxygens (including phenoxy) is 2. The van der Waals surface area contributed by atoms with E-state index in [1.54, 1.807) is 16.7 Å². The van der Waals surface area contributed by atoms with Crippen LogP contribution in [0.1, 0.15) is 35.7 Å². The molecule has 0 radical (unpaired) electrons. The van der Waals surface area contributed by atoms with Gasteiger partial charge in [-0.05, 0) is 38.3 Å². The molecule has 1 aromatic carbocycles. The number of likely N-dealkylation sites (tertiary alicyclic amines) is 1. The summed E-state index contributed by atoms with van der Waals surface area (Å²) in [6.07, 6.45) is 0.307. The molecule has 7 heteroatoms. The summed E-state index contributed by atoms with van der Waals surface area (Å²) in [4.78, 5) is 41.0. The van der Waals surface area contributed by atoms with Gasteiger partial charge in [0.05, 0.1) is 19.1 Å². The summed E-state index contributed by atoms with van der Waals surface area (Å²) in [5, 5.41) is 0. The molecule has 2 aliphatic rings. The van der Waals surface area contributed by atoms with Crippen LogP contribution in [0.4, 0.5) is 0 Å². The lowest BCUT2D eigenvalue weighted by atomic mass is 9.96. The summed E-state index contributed by atoms with van der Waals surface area (Å²) in [5.41, 5.74) is 1.65. The molecule has 2 saturated heterocycles. The van der Waals surface area contributed by atoms with Crippen molar-refractivity contribution in [3.63, 3.8) is 0 Å². The predicted octanol–water partition coefficient (Wildman–Crippen LogP) is 1.64. The number of piperidine rings is 1. The first kappa shape index (κ1) is 20.3. The van der Waals surface area contributed by atoms with Gasteiger partial charge < -0.3 is 19.3 Å². The Morgan fingerprint density at radius 2 is 1.68 bits per heavy atom. The van der Waals surface area contributed by atoms with Crippen molar-refractivity contribution in [1.29, 1.82) is 0 Å². The van der Waals surface area contributed by atoms with Crippen molar-refractivity contribution >= 4 is 17.8 Å². The number of hydrogen-bond acceptors (Lipinski definition) is 5. The van der Waals surface area contributed by atoms with Gasteiger partial charge in [0, 0.05) is 31.7 Å². The molecule has 152 valence electrons. The minimum absolute atomic E-state index is 0.000723. The van der Waals surface area contributed by atoms with Gasteiger partial charge in [0.1, 0.15) is 0 Å². The maximum Gasteiger partial charge on any atom is 0.309 e. The first-order valence-electron chi connectivity index (χ1n) is 9.89. The Hall–Kier alpha value is -2.41. The van der Waals surface area contributed by atoms with Gasteiger partial charge >= 0.3 is 5.97 Å². The van der Waals surface area contributed by atoms with Crippen LogP contribution in [0.25, 0.3) is 0 Å². The Labute approximate surface area is 165 Å². The molecule has 2 fully saturated rings. The monoisotopic (exact) mass is 388 g/mol. The third-order valence-corrected chi connectivity index (χ3v) is 5.45. The van der Waals surface area contributed by atoms with Crippen LogP contribution in [0.2, 0.25) is 0 Å². The van der Waals surface area contributed by atoms with Gasteiger partial charge in [0.25, 0.3) is 11.8 Å². The van der Waals surface area contributed by atoms with E-state index in [9.17, 15) is 14.4 Å². The number of esters is 1. The highest BCUT2D eigenvalue weighted by Crippen LogP contribution is 2.22. The highest BCUT2D eigenvalue weighted by Gasteiger charge is 2.32. The molecule has 1 unspecified atom stereocenters. The average Bonchev–Trinajstić information content (AvgIpc) is 2.73. The summed E-state index contributed by atoms with van der Waals surface area (Å²) in [6, 6.07) is 7.52. The Bertz CT molecular complexity index is 721. The lowest BCUT2D eigenvalue weighted by Crippen LogP contribution is -2.47. The van der Waals surface area contributed by atoms with E-state index in [-0.39, 0.29) is 23.7 Å². The zero-order valence-electron chi connectivity index (χ0n) is 16.6. The Morgan fingerprint density at radius 1 is 1.04 bits per heavy atom. The van der Waals surface area contributed by atoms with E-state index < -0.39 is 6.10 Å². The van der Waals surface area contributed by atoms with Gasteiger partial charge in [-0.3, -0.25) is 14.4 Å². The zero-order chi connectivity index (χ0) is 20.1. The highest BCUT2D eigenvalue weighted by atomic mass is 16.5. The van der Waals surface area contributed by atoms with Gasteiger partial charge in [-0.2, -0.15) is 0 Å². The third kappa shape index (κ3) is 4.70. The first-order chi connectivity index (χ1) is 13.5. The summed E-state index contributed by atoms with van der Waals surface area (Å²) >= 11 is 0. The van der Waals surface area contributed by atoms with Gasteiger partial charge in [-0.25, -0.2) is 0 Å². The molecule has 0 N–H and O–H groups in total. The number of nitrogens with zero attached hydrogens (tertiary/aromatic N) is 2. The average molecular weight is 388 g/mol. The Kier molecular flexibility index (Phi) is 6.67. The number of morpholine rings is 1. The molecule has 2 heterocycles. The van der Waals surface area contributed by atoms with E-state index >= 15 is 0 Å². The van der Waals surface area contributed by atoms with Gasteiger partial charge in [-0.1, -0.05) is 18.2 Å². The van der Waals surface area contributed by atoms with Crippen molar-refractivity contribution in [2.75, 3.05) is 39.4 Å². The number of hydrogen-bond donors (Lipinski definition) is 0. The van der Waals surface area contributed by atoms with E-state index in [2.05, 4.69) is 0 Å². The molecule has 3 rings (SSSR count). The Morgan fingerprint density at radius 3 is 2.32 bits per heavy atom. The number of amides is 2. The number of carbonyl (C=O) groups is 3. The highest BCUT2D eigenvalue weighted by molar-refractivity contribution is 5.95. The van der Waals surface area contributed by atoms with Gasteiger partial charge in [0.2, 0.25) is 0 Å². The van der Waals surface area contributed by atoms with Crippen molar-refractivity contribution < 1.29 is 23.9 Å². The topological polar surface area (TPSA) is 76.2 Å². The van der Waals surface area contributed by atoms with E-state index in [1.165, 1.54) is 0 Å². The SMILES string of the molecule is Cc1ccccc1C(=O)N1CCC(C(=O)OC(C)C(=O)N2CCOCC2)CC1. The van der Waals surface area contributed by atoms with Crippen LogP contribution in [0.5, 0.6) is 0 Å². The molecule has 0 bridgehead atoms. The maximum atomic E-state index is 12.7. The molecule has 1 aromatic rings. The van der Waals surface area contributed by atoms with Crippen LogP contribution in [0.3, 0.4) is 0 Å². The summed E-state index contributed by atoms with van der Waals surface area (Å²) in [5.74, 6) is -0.803. The Balaban J connectivity index is 1.49. The predicted molar refractivity (Wildman–Crippen MR) is 103 cm³/mol. The molecular weight excluding hydrogens is 360 g/mol. The molecule has 28 heavy (non-hydrogen) atoms. The fourth-order valence-corrected chi connectivity index (χ4v) is 3.66. The van der Waals surface area contributed by atoms with E-state index in [1.807, 2.05) is 31.2 Å². The number of carbonyl (C=O) groups excluding carboxylic acids is 3. The summed E-state index contributed by atoms with van der Waals surface area (Å²) in [7, 11) is 0. The molecule has 0 aliphatic carbocycles. The molecule has 0 saturated carbocycles. The van der Waals surface area contributed by atoms with Crippen molar-refractivity contribution in [3.05, 3.63) is 35.4 Å². The number of benzene rings is 1. The van der Waals surface area contributed by atoms with Crippen LogP contribution in [-0.4, -0.2) is 73.1 Å². The van der Waals surface area contributed by atoms with Crippen LogP contribution in [0, 0.1) is 12.8 Å². The van der Waals surface area contributed by atoms with E-state index in [0.29, 0.717) is 57.8 Å². The van der Waals surface area contributed by atoms with E-state index in [4.69, 9.17) is 9.47 Å². The van der Waals surface area contributed by atoms with Crippen molar-refractivity contribution in [2.45, 2.75) is 32.8 Å². The molecule has 0 spiro atoms. The fourth-order valence-electron chi connectivity index (χ4n) is 3.66. The summed E-state index contributed by atoms with van der Waals surface area (Å²) in [6.45, 7) is 6.65. The largest absolute Gasteiger partial charge is 0.452 e. The minimum Gasteiger partial charge on any atom is -0.452 e. The third-order valence-electron chi connectivity index (χ3n) is 5.45. The van der Waals surface area contributed by atoms with E-state index in [0.717, 1.165) is 5.56 Å². The molecule has 2 aliphatic heterocycles. The smallest absolute Gasteiger partial charge is 0.309 e. The second-order valence-corrected chi connectivity index (χ2v) is 7.40. The molecule has 2 amide bonds. The molecule has 1 atom stereocenters. The van der Waals surface area contributed by atoms with Crippen molar-refractivity contribution in [1.82, 2.24) is 9.80 Å². The lowest BCUT2D eigenvalue weighted by molar-refractivity contribution is -0.165. The second kappa shape index (κ2) is 9.19. The zero-order valence-corrected chi connectivity index (χ0v) is 16.6. The van der Waals surface area contributed by atoms with Gasteiger partial charge in [0.15, 0.2) is 6.10 Å². The number of rotatable bonds is 4. The molecule has 7 nitrogen and oxygen atoms in total. The maximum absolute atomic E-state index is 12.7. The fraction of sp³-hybridized carbons (Fsp3) is 0.571. The number of aryl methyl sites for hydroxylation is 1. The van der Waals surface area contributed by atoms with Crippen LogP contribution < -0.4 is 0 Å². The van der Waals surface area contributed by atoms with Crippen LogP contribution >= 0.6 is 0 Å². The van der Waals surface area contributed by atoms with Crippen LogP contribution in [-0.2, 0) is 19.1 Å². The van der Waals surface area contributed by atoms with Crippen LogP contribution in [0.15, 0.2) is 24.3 Å². The quantitative estimate of drug-likeness (QED) is 0.733. The normalized spacial score (nSPS) is 19.2. The standard InChI is InChI=1S/C21H28N2O5/c1-15-5-3-4-6-18(15)20(25)22-9-7-17(8-10-22)21(26)28-16(2)19(24)23-11-13-27-14-12-23/h3-6,16-17H,7-14H2,1-2H3. The van der Waals surface area contributed by atoms with Gasteiger partial charge in [-0.15, -0.1) is 0 Å². The van der Waals surface area contributed by atoms with Crippen molar-refractivity contribution in [3.8, 4) is 0 Å². The second-order valence-electron chi connectivity index (χ2n) is 7.40. The minimum atomic E-state index is -0.794. The molecule has 0 aromatic heterocycles. The first-order valence-corrected chi connectivity index (χ1v) is 9.89. The molecular formula is C21H28N2O5.